The van der Waals surface area contributed by atoms with Crippen molar-refractivity contribution < 1.29 is 19.1 Å². The Morgan fingerprint density at radius 3 is 2.90 bits per heavy atom. The number of aryl methyl sites for hydroxylation is 1. The minimum absolute atomic E-state index is 0.0941. The number of nitrogens with one attached hydrogen (secondary N) is 1. The number of aromatic nitrogens is 1. The second kappa shape index (κ2) is 8.85. The fraction of sp³-hybridized carbons (Fsp3) is 0.304. The lowest BCUT2D eigenvalue weighted by Gasteiger charge is -2.17. The molecule has 0 spiro atoms. The minimum atomic E-state index is -0.476. The van der Waals surface area contributed by atoms with Crippen molar-refractivity contribution in [3.8, 4) is 0 Å². The highest BCUT2D eigenvalue weighted by atomic mass is 32.1. The molecule has 1 unspecified atom stereocenters. The van der Waals surface area contributed by atoms with E-state index < -0.39 is 11.9 Å². The zero-order valence-electron chi connectivity index (χ0n) is 17.4. The maximum Gasteiger partial charge on any atom is 0.338 e. The molecule has 160 valence electrons. The highest BCUT2D eigenvalue weighted by Gasteiger charge is 2.35. The van der Waals surface area contributed by atoms with Crippen LogP contribution in [-0.2, 0) is 14.3 Å². The summed E-state index contributed by atoms with van der Waals surface area (Å²) in [4.78, 5) is 43.5. The molecule has 0 aliphatic carbocycles. The second-order valence-electron chi connectivity index (χ2n) is 7.50. The van der Waals surface area contributed by atoms with E-state index in [1.165, 1.54) is 0 Å². The lowest BCUT2D eigenvalue weighted by Crippen LogP contribution is -2.28. The smallest absolute Gasteiger partial charge is 0.338 e. The third kappa shape index (κ3) is 4.59. The van der Waals surface area contributed by atoms with Crippen LogP contribution in [0.2, 0.25) is 0 Å². The normalized spacial score (nSPS) is 16.0. The van der Waals surface area contributed by atoms with E-state index in [1.54, 1.807) is 40.5 Å². The number of hydrogen-bond acceptors (Lipinski definition) is 6. The number of thiazole rings is 1. The molecule has 31 heavy (non-hydrogen) atoms. The molecule has 4 rings (SSSR count). The average molecular weight is 438 g/mol. The lowest BCUT2D eigenvalue weighted by molar-refractivity contribution is -0.122. The van der Waals surface area contributed by atoms with Crippen molar-refractivity contribution in [2.75, 3.05) is 23.4 Å². The summed E-state index contributed by atoms with van der Waals surface area (Å²) in [5.41, 5.74) is 2.48. The van der Waals surface area contributed by atoms with Gasteiger partial charge in [0.15, 0.2) is 0 Å². The Labute approximate surface area is 184 Å². The number of esters is 1. The van der Waals surface area contributed by atoms with Crippen LogP contribution in [0, 0.1) is 12.8 Å². The highest BCUT2D eigenvalue weighted by molar-refractivity contribution is 7.18. The molecule has 1 fully saturated rings. The maximum absolute atomic E-state index is 12.8. The fourth-order valence-electron chi connectivity index (χ4n) is 3.58. The molecule has 8 heteroatoms. The van der Waals surface area contributed by atoms with Gasteiger partial charge in [0.05, 0.1) is 33.3 Å². The molecule has 7 nitrogen and oxygen atoms in total. The van der Waals surface area contributed by atoms with Crippen LogP contribution in [0.5, 0.6) is 0 Å². The summed E-state index contributed by atoms with van der Waals surface area (Å²) in [5.74, 6) is -1.24. The number of benzene rings is 2. The fourth-order valence-corrected chi connectivity index (χ4v) is 4.39. The second-order valence-corrected chi connectivity index (χ2v) is 8.73. The zero-order chi connectivity index (χ0) is 22.0. The van der Waals surface area contributed by atoms with Crippen LogP contribution < -0.4 is 10.2 Å². The molecule has 2 amide bonds. The first-order valence-electron chi connectivity index (χ1n) is 10.2. The van der Waals surface area contributed by atoms with Crippen LogP contribution in [0.4, 0.5) is 11.4 Å². The number of fused-ring (bicyclic) bond motifs is 1. The molecule has 3 aromatic rings. The molecule has 1 atom stereocenters. The van der Waals surface area contributed by atoms with Crippen LogP contribution >= 0.6 is 11.3 Å². The minimum Gasteiger partial charge on any atom is -0.462 e. The third-order valence-electron chi connectivity index (χ3n) is 5.09. The van der Waals surface area contributed by atoms with E-state index in [1.807, 2.05) is 32.0 Å². The molecule has 1 aliphatic heterocycles. The van der Waals surface area contributed by atoms with Crippen LogP contribution in [0.15, 0.2) is 42.5 Å². The first-order chi connectivity index (χ1) is 14.9. The Morgan fingerprint density at radius 1 is 1.26 bits per heavy atom. The Bertz CT molecular complexity index is 1160. The summed E-state index contributed by atoms with van der Waals surface area (Å²) in [6, 6.07) is 12.4. The number of anilines is 2. The topological polar surface area (TPSA) is 88.6 Å². The van der Waals surface area contributed by atoms with Crippen molar-refractivity contribution in [1.29, 1.82) is 0 Å². The number of carbonyl (C=O) groups excluding carboxylic acids is 3. The predicted octanol–water partition coefficient (Wildman–Crippen LogP) is 4.16. The number of hydrogen-bond donors (Lipinski definition) is 1. The van der Waals surface area contributed by atoms with Crippen molar-refractivity contribution >= 4 is 50.7 Å². The van der Waals surface area contributed by atoms with Crippen LogP contribution in [0.25, 0.3) is 10.2 Å². The predicted molar refractivity (Wildman–Crippen MR) is 120 cm³/mol. The average Bonchev–Trinajstić information content (AvgIpc) is 3.33. The maximum atomic E-state index is 12.8. The van der Waals surface area contributed by atoms with E-state index >= 15 is 0 Å². The van der Waals surface area contributed by atoms with Gasteiger partial charge in [-0.05, 0) is 49.7 Å². The van der Waals surface area contributed by atoms with Gasteiger partial charge in [0, 0.05) is 24.3 Å². The van der Waals surface area contributed by atoms with Gasteiger partial charge in [-0.25, -0.2) is 9.78 Å². The number of ether oxygens (including phenoxy) is 1. The Balaban J connectivity index is 1.44. The Morgan fingerprint density at radius 2 is 2.10 bits per heavy atom. The van der Waals surface area contributed by atoms with Gasteiger partial charge in [-0.1, -0.05) is 13.0 Å². The molecule has 1 saturated heterocycles. The van der Waals surface area contributed by atoms with Gasteiger partial charge < -0.3 is 15.0 Å². The van der Waals surface area contributed by atoms with Crippen LogP contribution in [0.3, 0.4) is 0 Å². The van der Waals surface area contributed by atoms with Crippen molar-refractivity contribution in [3.63, 3.8) is 0 Å². The lowest BCUT2D eigenvalue weighted by atomic mass is 10.1. The first-order valence-corrected chi connectivity index (χ1v) is 11.0. The molecule has 0 bridgehead atoms. The molecule has 2 aromatic carbocycles. The monoisotopic (exact) mass is 437 g/mol. The van der Waals surface area contributed by atoms with E-state index in [2.05, 4.69) is 10.3 Å². The third-order valence-corrected chi connectivity index (χ3v) is 6.04. The van der Waals surface area contributed by atoms with Gasteiger partial charge in [0.2, 0.25) is 11.8 Å². The summed E-state index contributed by atoms with van der Waals surface area (Å²) in [6.45, 7) is 4.52. The van der Waals surface area contributed by atoms with E-state index in [4.69, 9.17) is 4.74 Å². The number of rotatable bonds is 6. The first kappa shape index (κ1) is 21.0. The SMILES string of the molecule is CCCOC(=O)c1cccc(NC(=O)C2CC(=O)N(c3ccc4sc(C)nc4c3)C2)c1. The van der Waals surface area contributed by atoms with Gasteiger partial charge in [0.25, 0.3) is 0 Å². The summed E-state index contributed by atoms with van der Waals surface area (Å²) >= 11 is 1.61. The van der Waals surface area contributed by atoms with Crippen LogP contribution in [0.1, 0.15) is 35.1 Å². The number of nitrogens with zero attached hydrogens (tertiary/aromatic N) is 2. The molecule has 2 heterocycles. The van der Waals surface area contributed by atoms with Crippen molar-refractivity contribution in [3.05, 3.63) is 53.0 Å². The standard InChI is InChI=1S/C23H23N3O4S/c1-3-9-30-23(29)15-5-4-6-17(10-15)25-22(28)16-11-21(27)26(13-16)18-7-8-20-19(12-18)24-14(2)31-20/h4-8,10,12,16H,3,9,11,13H2,1-2H3,(H,25,28). The van der Waals surface area contributed by atoms with E-state index in [-0.39, 0.29) is 18.2 Å². The highest BCUT2D eigenvalue weighted by Crippen LogP contribution is 2.30. The molecule has 1 aromatic heterocycles. The van der Waals surface area contributed by atoms with E-state index in [9.17, 15) is 14.4 Å². The van der Waals surface area contributed by atoms with Gasteiger partial charge in [0.1, 0.15) is 0 Å². The molecule has 1 N–H and O–H groups in total. The van der Waals surface area contributed by atoms with Crippen molar-refractivity contribution in [1.82, 2.24) is 4.98 Å². The number of carbonyl (C=O) groups is 3. The molecular formula is C23H23N3O4S. The van der Waals surface area contributed by atoms with Crippen molar-refractivity contribution in [2.45, 2.75) is 26.7 Å². The van der Waals surface area contributed by atoms with Gasteiger partial charge >= 0.3 is 5.97 Å². The molecule has 1 aliphatic rings. The van der Waals surface area contributed by atoms with Gasteiger partial charge in [-0.15, -0.1) is 11.3 Å². The number of amides is 2. The largest absolute Gasteiger partial charge is 0.462 e. The summed E-state index contributed by atoms with van der Waals surface area (Å²) < 4.78 is 6.21. The van der Waals surface area contributed by atoms with Gasteiger partial charge in [-0.2, -0.15) is 0 Å². The quantitative estimate of drug-likeness (QED) is 0.585. The van der Waals surface area contributed by atoms with Gasteiger partial charge in [-0.3, -0.25) is 9.59 Å². The summed E-state index contributed by atoms with van der Waals surface area (Å²) in [7, 11) is 0. The zero-order valence-corrected chi connectivity index (χ0v) is 18.2. The molecule has 0 radical (unpaired) electrons. The molecule has 0 saturated carbocycles. The Kier molecular flexibility index (Phi) is 5.99. The summed E-state index contributed by atoms with van der Waals surface area (Å²) in [5, 5.41) is 3.79. The Hall–Kier alpha value is -3.26. The van der Waals surface area contributed by atoms with E-state index in [0.717, 1.165) is 27.3 Å². The van der Waals surface area contributed by atoms with Crippen molar-refractivity contribution in [2.24, 2.45) is 5.92 Å². The molecular weight excluding hydrogens is 414 g/mol. The van der Waals surface area contributed by atoms with E-state index in [0.29, 0.717) is 24.4 Å². The van der Waals surface area contributed by atoms with Crippen LogP contribution in [-0.4, -0.2) is 35.9 Å². The summed E-state index contributed by atoms with van der Waals surface area (Å²) in [6.07, 6.45) is 0.877.